The first-order valence-electron chi connectivity index (χ1n) is 6.27. The van der Waals surface area contributed by atoms with Gasteiger partial charge in [0, 0.05) is 0 Å². The minimum Gasteiger partial charge on any atom is -0.493 e. The first-order chi connectivity index (χ1) is 8.92. The molecule has 0 radical (unpaired) electrons. The molecule has 2 N–H and O–H groups in total. The molecule has 1 aromatic rings. The summed E-state index contributed by atoms with van der Waals surface area (Å²) in [6.07, 6.45) is -0.660. The fourth-order valence-corrected chi connectivity index (χ4v) is 1.34. The van der Waals surface area contributed by atoms with Crippen LogP contribution in [0.2, 0.25) is 0 Å². The van der Waals surface area contributed by atoms with Crippen LogP contribution >= 0.6 is 0 Å². The highest BCUT2D eigenvalue weighted by Gasteiger charge is 2.12. The number of hydroxylamine groups is 1. The summed E-state index contributed by atoms with van der Waals surface area (Å²) in [6.45, 7) is 6.25. The molecule has 1 atom stereocenters. The Hall–Kier alpha value is -1.30. The topological polar surface area (TPSA) is 60.0 Å². The Labute approximate surface area is 114 Å². The standard InChI is InChI=1S/C14H23NO4/c1-14(2,3)19-15-9-11(16)10-18-13-8-6-5-7-12(13)17-4/h5-8,11,15-16H,9-10H2,1-4H3. The Morgan fingerprint density at radius 3 is 2.42 bits per heavy atom. The minimum atomic E-state index is -0.660. The molecule has 0 aliphatic heterocycles. The largest absolute Gasteiger partial charge is 0.493 e. The number of hydrogen-bond acceptors (Lipinski definition) is 5. The number of aliphatic hydroxyl groups excluding tert-OH is 1. The first kappa shape index (κ1) is 15.8. The van der Waals surface area contributed by atoms with Gasteiger partial charge in [-0.2, -0.15) is 5.48 Å². The number of hydrogen-bond donors (Lipinski definition) is 2. The molecule has 0 aliphatic carbocycles. The second kappa shape index (κ2) is 7.33. The molecule has 1 rings (SSSR count). The van der Waals surface area contributed by atoms with Crippen LogP contribution in [0, 0.1) is 0 Å². The van der Waals surface area contributed by atoms with Gasteiger partial charge in [-0.3, -0.25) is 4.84 Å². The highest BCUT2D eigenvalue weighted by atomic mass is 16.7. The van der Waals surface area contributed by atoms with Gasteiger partial charge in [0.25, 0.3) is 0 Å². The van der Waals surface area contributed by atoms with Crippen LogP contribution in [0.25, 0.3) is 0 Å². The quantitative estimate of drug-likeness (QED) is 0.739. The molecule has 5 nitrogen and oxygen atoms in total. The minimum absolute atomic E-state index is 0.168. The lowest BCUT2D eigenvalue weighted by atomic mass is 10.2. The Morgan fingerprint density at radius 2 is 1.84 bits per heavy atom. The molecule has 0 bridgehead atoms. The summed E-state index contributed by atoms with van der Waals surface area (Å²) in [5, 5.41) is 9.76. The third-order valence-electron chi connectivity index (χ3n) is 2.20. The third kappa shape index (κ3) is 6.42. The summed E-state index contributed by atoms with van der Waals surface area (Å²) >= 11 is 0. The fraction of sp³-hybridized carbons (Fsp3) is 0.571. The van der Waals surface area contributed by atoms with Crippen molar-refractivity contribution in [3.05, 3.63) is 24.3 Å². The zero-order chi connectivity index (χ0) is 14.3. The molecule has 0 saturated heterocycles. The number of methoxy groups -OCH3 is 1. The number of rotatable bonds is 7. The van der Waals surface area contributed by atoms with E-state index in [-0.39, 0.29) is 12.2 Å². The van der Waals surface area contributed by atoms with Crippen molar-refractivity contribution in [2.75, 3.05) is 20.3 Å². The average molecular weight is 269 g/mol. The summed E-state index contributed by atoms with van der Waals surface area (Å²) in [5.41, 5.74) is 2.44. The second-order valence-corrected chi connectivity index (χ2v) is 5.18. The zero-order valence-electron chi connectivity index (χ0n) is 12.0. The van der Waals surface area contributed by atoms with Crippen LogP contribution in [0.15, 0.2) is 24.3 Å². The molecular formula is C14H23NO4. The Kier molecular flexibility index (Phi) is 6.08. The summed E-state index contributed by atoms with van der Waals surface area (Å²) < 4.78 is 10.7. The van der Waals surface area contributed by atoms with Crippen molar-refractivity contribution in [2.24, 2.45) is 0 Å². The predicted molar refractivity (Wildman–Crippen MR) is 73.3 cm³/mol. The van der Waals surface area contributed by atoms with Gasteiger partial charge >= 0.3 is 0 Å². The molecule has 0 heterocycles. The number of ether oxygens (including phenoxy) is 2. The lowest BCUT2D eigenvalue weighted by Crippen LogP contribution is -2.36. The maximum Gasteiger partial charge on any atom is 0.161 e. The van der Waals surface area contributed by atoms with Gasteiger partial charge in [0.2, 0.25) is 0 Å². The molecule has 5 heteroatoms. The number of benzene rings is 1. The van der Waals surface area contributed by atoms with Crippen molar-refractivity contribution in [1.29, 1.82) is 0 Å². The van der Waals surface area contributed by atoms with Crippen LogP contribution in [-0.4, -0.2) is 37.1 Å². The Morgan fingerprint density at radius 1 is 1.21 bits per heavy atom. The van der Waals surface area contributed by atoms with Gasteiger partial charge in [0.1, 0.15) is 12.7 Å². The Balaban J connectivity index is 2.32. The van der Waals surface area contributed by atoms with E-state index in [1.165, 1.54) is 0 Å². The van der Waals surface area contributed by atoms with E-state index in [0.29, 0.717) is 18.0 Å². The highest BCUT2D eigenvalue weighted by Crippen LogP contribution is 2.25. The number of nitrogens with one attached hydrogen (secondary N) is 1. The van der Waals surface area contributed by atoms with Crippen molar-refractivity contribution >= 4 is 0 Å². The van der Waals surface area contributed by atoms with Crippen LogP contribution in [0.4, 0.5) is 0 Å². The van der Waals surface area contributed by atoms with Gasteiger partial charge < -0.3 is 14.6 Å². The van der Waals surface area contributed by atoms with E-state index in [4.69, 9.17) is 14.3 Å². The maximum absolute atomic E-state index is 9.76. The van der Waals surface area contributed by atoms with Crippen molar-refractivity contribution in [3.63, 3.8) is 0 Å². The second-order valence-electron chi connectivity index (χ2n) is 5.18. The van der Waals surface area contributed by atoms with Gasteiger partial charge in [0.15, 0.2) is 11.5 Å². The lowest BCUT2D eigenvalue weighted by molar-refractivity contribution is -0.0857. The lowest BCUT2D eigenvalue weighted by Gasteiger charge is -2.21. The van der Waals surface area contributed by atoms with E-state index in [1.807, 2.05) is 39.0 Å². The van der Waals surface area contributed by atoms with Gasteiger partial charge in [-0.05, 0) is 32.9 Å². The summed E-state index contributed by atoms with van der Waals surface area (Å²) in [5.74, 6) is 1.26. The molecule has 108 valence electrons. The van der Waals surface area contributed by atoms with Crippen molar-refractivity contribution in [1.82, 2.24) is 5.48 Å². The van der Waals surface area contributed by atoms with Gasteiger partial charge in [-0.1, -0.05) is 12.1 Å². The van der Waals surface area contributed by atoms with Gasteiger partial charge in [0.05, 0.1) is 19.3 Å². The maximum atomic E-state index is 9.76. The van der Waals surface area contributed by atoms with E-state index in [9.17, 15) is 5.11 Å². The zero-order valence-corrected chi connectivity index (χ0v) is 12.0. The van der Waals surface area contributed by atoms with E-state index in [0.717, 1.165) is 0 Å². The Bertz CT molecular complexity index is 376. The van der Waals surface area contributed by atoms with E-state index in [1.54, 1.807) is 13.2 Å². The molecule has 0 amide bonds. The van der Waals surface area contributed by atoms with Crippen LogP contribution in [0.1, 0.15) is 20.8 Å². The molecular weight excluding hydrogens is 246 g/mol. The van der Waals surface area contributed by atoms with Crippen LogP contribution in [0.5, 0.6) is 11.5 Å². The summed E-state index contributed by atoms with van der Waals surface area (Å²) in [4.78, 5) is 5.31. The molecule has 19 heavy (non-hydrogen) atoms. The van der Waals surface area contributed by atoms with Gasteiger partial charge in [-0.25, -0.2) is 0 Å². The third-order valence-corrected chi connectivity index (χ3v) is 2.20. The molecule has 0 fully saturated rings. The molecule has 1 aromatic carbocycles. The van der Waals surface area contributed by atoms with Crippen molar-refractivity contribution < 1.29 is 19.4 Å². The molecule has 1 unspecified atom stereocenters. The fourth-order valence-electron chi connectivity index (χ4n) is 1.34. The molecule has 0 spiro atoms. The highest BCUT2D eigenvalue weighted by molar-refractivity contribution is 5.39. The summed E-state index contributed by atoms with van der Waals surface area (Å²) in [6, 6.07) is 7.32. The van der Waals surface area contributed by atoms with Crippen LogP contribution < -0.4 is 15.0 Å². The smallest absolute Gasteiger partial charge is 0.161 e. The molecule has 0 aromatic heterocycles. The number of para-hydroxylation sites is 2. The average Bonchev–Trinajstić information content (AvgIpc) is 2.35. The SMILES string of the molecule is COc1ccccc1OCC(O)CNOC(C)(C)C. The molecule has 0 saturated carbocycles. The number of aliphatic hydroxyl groups is 1. The van der Waals surface area contributed by atoms with E-state index < -0.39 is 6.10 Å². The van der Waals surface area contributed by atoms with E-state index >= 15 is 0 Å². The van der Waals surface area contributed by atoms with Crippen molar-refractivity contribution in [3.8, 4) is 11.5 Å². The van der Waals surface area contributed by atoms with Gasteiger partial charge in [-0.15, -0.1) is 0 Å². The van der Waals surface area contributed by atoms with Crippen LogP contribution in [0.3, 0.4) is 0 Å². The molecule has 0 aliphatic rings. The van der Waals surface area contributed by atoms with Crippen LogP contribution in [-0.2, 0) is 4.84 Å². The summed E-state index contributed by atoms with van der Waals surface area (Å²) in [7, 11) is 1.58. The predicted octanol–water partition coefficient (Wildman–Crippen LogP) is 1.75. The van der Waals surface area contributed by atoms with E-state index in [2.05, 4.69) is 5.48 Å². The normalized spacial score (nSPS) is 13.1. The monoisotopic (exact) mass is 269 g/mol. The first-order valence-corrected chi connectivity index (χ1v) is 6.27. The van der Waals surface area contributed by atoms with Crippen molar-refractivity contribution in [2.45, 2.75) is 32.5 Å².